The minimum atomic E-state index is -3.79. The second-order valence-electron chi connectivity index (χ2n) is 5.50. The van der Waals surface area contributed by atoms with Crippen molar-refractivity contribution in [1.82, 2.24) is 5.32 Å². The second-order valence-corrected chi connectivity index (χ2v) is 7.53. The first-order valence-corrected chi connectivity index (χ1v) is 8.96. The minimum absolute atomic E-state index is 0.0464. The van der Waals surface area contributed by atoms with E-state index < -0.39 is 21.2 Å². The molecule has 0 aromatic heterocycles. The fourth-order valence-electron chi connectivity index (χ4n) is 2.91. The van der Waals surface area contributed by atoms with Gasteiger partial charge in [-0.25, -0.2) is 13.2 Å². The molecule has 24 heavy (non-hydrogen) atoms. The number of nitrogens with one attached hydrogen (secondary N) is 1. The van der Waals surface area contributed by atoms with Crippen molar-refractivity contribution in [2.24, 2.45) is 0 Å². The summed E-state index contributed by atoms with van der Waals surface area (Å²) in [5.41, 5.74) is 1.51. The maximum atomic E-state index is 13.0. The van der Waals surface area contributed by atoms with Crippen LogP contribution in [0.3, 0.4) is 0 Å². The molecule has 7 heteroatoms. The molecule has 0 bridgehead atoms. The Kier molecular flexibility index (Phi) is 4.29. The Morgan fingerprint density at radius 2 is 2.00 bits per heavy atom. The van der Waals surface area contributed by atoms with Crippen molar-refractivity contribution in [3.05, 3.63) is 59.2 Å². The van der Waals surface area contributed by atoms with Gasteiger partial charge < -0.3 is 9.84 Å². The number of benzene rings is 2. The van der Waals surface area contributed by atoms with Crippen LogP contribution in [0.5, 0.6) is 5.75 Å². The Hall–Kier alpha value is -2.38. The summed E-state index contributed by atoms with van der Waals surface area (Å²) in [6.07, 6.45) is 0.755. The van der Waals surface area contributed by atoms with E-state index in [1.54, 1.807) is 12.1 Å². The molecule has 0 saturated heterocycles. The zero-order valence-corrected chi connectivity index (χ0v) is 13.8. The van der Waals surface area contributed by atoms with Crippen LogP contribution >= 0.6 is 0 Å². The molecule has 0 amide bonds. The average Bonchev–Trinajstić information content (AvgIpc) is 2.60. The predicted molar refractivity (Wildman–Crippen MR) is 88.0 cm³/mol. The lowest BCUT2D eigenvalue weighted by Gasteiger charge is -2.27. The highest BCUT2D eigenvalue weighted by molar-refractivity contribution is 7.91. The maximum Gasteiger partial charge on any atom is 0.339 e. The summed E-state index contributed by atoms with van der Waals surface area (Å²) in [6, 6.07) is 11.3. The first-order valence-electron chi connectivity index (χ1n) is 7.41. The van der Waals surface area contributed by atoms with Gasteiger partial charge in [0, 0.05) is 6.54 Å². The number of sulfone groups is 1. The van der Waals surface area contributed by atoms with Crippen molar-refractivity contribution in [2.45, 2.75) is 16.7 Å². The molecule has 0 spiro atoms. The summed E-state index contributed by atoms with van der Waals surface area (Å²) in [7, 11) is -2.44. The smallest absolute Gasteiger partial charge is 0.339 e. The summed E-state index contributed by atoms with van der Waals surface area (Å²) in [5.74, 6) is -1.11. The molecule has 2 N–H and O–H groups in total. The molecular weight excluding hydrogens is 330 g/mol. The molecular formula is C17H17NO5S. The zero-order chi connectivity index (χ0) is 17.3. The number of carboxylic acid groups (broad SMARTS) is 1. The van der Waals surface area contributed by atoms with E-state index in [4.69, 9.17) is 4.74 Å². The van der Waals surface area contributed by atoms with Gasteiger partial charge in [0.15, 0.2) is 9.84 Å². The van der Waals surface area contributed by atoms with E-state index in [9.17, 15) is 18.3 Å². The van der Waals surface area contributed by atoms with E-state index in [0.717, 1.165) is 18.1 Å². The van der Waals surface area contributed by atoms with E-state index in [-0.39, 0.29) is 16.2 Å². The van der Waals surface area contributed by atoms with Gasteiger partial charge in [0.1, 0.15) is 16.7 Å². The molecule has 126 valence electrons. The molecule has 1 unspecified atom stereocenters. The van der Waals surface area contributed by atoms with Crippen molar-refractivity contribution < 1.29 is 23.1 Å². The molecule has 0 radical (unpaired) electrons. The number of hydrogen-bond acceptors (Lipinski definition) is 5. The van der Waals surface area contributed by atoms with Crippen molar-refractivity contribution in [3.63, 3.8) is 0 Å². The van der Waals surface area contributed by atoms with Crippen LogP contribution in [0.25, 0.3) is 0 Å². The molecule has 6 nitrogen and oxygen atoms in total. The quantitative estimate of drug-likeness (QED) is 0.879. The molecule has 0 saturated carbocycles. The highest BCUT2D eigenvalue weighted by Gasteiger charge is 2.33. The van der Waals surface area contributed by atoms with Crippen molar-refractivity contribution >= 4 is 15.8 Å². The predicted octanol–water partition coefficient (Wildman–Crippen LogP) is 2.01. The van der Waals surface area contributed by atoms with Gasteiger partial charge in [-0.15, -0.1) is 0 Å². The van der Waals surface area contributed by atoms with Crippen LogP contribution in [0.1, 0.15) is 26.9 Å². The highest BCUT2D eigenvalue weighted by Crippen LogP contribution is 2.33. The van der Waals surface area contributed by atoms with Gasteiger partial charge in [0.05, 0.1) is 12.0 Å². The third-order valence-electron chi connectivity index (χ3n) is 4.10. The number of carbonyl (C=O) groups is 1. The number of hydrogen-bond donors (Lipinski definition) is 2. The topological polar surface area (TPSA) is 92.7 Å². The van der Waals surface area contributed by atoms with Crippen LogP contribution in [0.2, 0.25) is 0 Å². The van der Waals surface area contributed by atoms with E-state index in [0.29, 0.717) is 12.1 Å². The molecule has 3 rings (SSSR count). The van der Waals surface area contributed by atoms with E-state index in [2.05, 4.69) is 5.32 Å². The molecule has 0 fully saturated rings. The van der Waals surface area contributed by atoms with Gasteiger partial charge in [-0.1, -0.05) is 24.3 Å². The Morgan fingerprint density at radius 1 is 1.25 bits per heavy atom. The largest absolute Gasteiger partial charge is 0.496 e. The molecule has 0 aliphatic carbocycles. The van der Waals surface area contributed by atoms with E-state index in [1.165, 1.54) is 19.2 Å². The van der Waals surface area contributed by atoms with Gasteiger partial charge >= 0.3 is 5.97 Å². The fourth-order valence-corrected chi connectivity index (χ4v) is 4.62. The standard InChI is InChI=1S/C17H17NO5S/c1-23-15-7-6-12(10-14(15)17(19)20)24(21,22)16-13-5-3-2-4-11(13)8-9-18-16/h2-7,10,16,18H,8-9H2,1H3,(H,19,20). The molecule has 1 atom stereocenters. The van der Waals surface area contributed by atoms with Crippen LogP contribution in [0, 0.1) is 0 Å². The third-order valence-corrected chi connectivity index (χ3v) is 6.05. The van der Waals surface area contributed by atoms with Crippen LogP contribution in [-0.4, -0.2) is 33.1 Å². The van der Waals surface area contributed by atoms with E-state index >= 15 is 0 Å². The van der Waals surface area contributed by atoms with Crippen molar-refractivity contribution in [1.29, 1.82) is 0 Å². The lowest BCUT2D eigenvalue weighted by molar-refractivity contribution is 0.0693. The van der Waals surface area contributed by atoms with Crippen molar-refractivity contribution in [3.8, 4) is 5.75 Å². The Morgan fingerprint density at radius 3 is 2.71 bits per heavy atom. The zero-order valence-electron chi connectivity index (χ0n) is 13.0. The first kappa shape index (κ1) is 16.5. The van der Waals surface area contributed by atoms with Crippen LogP contribution in [0.15, 0.2) is 47.4 Å². The summed E-state index contributed by atoms with van der Waals surface area (Å²) in [6.45, 7) is 0.544. The number of carboxylic acids is 1. The fraction of sp³-hybridized carbons (Fsp3) is 0.235. The van der Waals surface area contributed by atoms with Gasteiger partial charge in [0.2, 0.25) is 0 Å². The lowest BCUT2D eigenvalue weighted by atomic mass is 10.0. The second kappa shape index (κ2) is 6.26. The monoisotopic (exact) mass is 347 g/mol. The van der Waals surface area contributed by atoms with E-state index in [1.807, 2.05) is 12.1 Å². The first-order chi connectivity index (χ1) is 11.4. The molecule has 1 heterocycles. The number of aromatic carboxylic acids is 1. The van der Waals surface area contributed by atoms with Crippen molar-refractivity contribution in [2.75, 3.05) is 13.7 Å². The Balaban J connectivity index is 2.10. The van der Waals surface area contributed by atoms with Gasteiger partial charge in [-0.2, -0.15) is 0 Å². The summed E-state index contributed by atoms with van der Waals surface area (Å²) in [4.78, 5) is 11.3. The molecule has 1 aliphatic rings. The van der Waals surface area contributed by atoms with Gasteiger partial charge in [-0.05, 0) is 35.7 Å². The Bertz CT molecular complexity index is 892. The molecule has 2 aromatic carbocycles. The van der Waals surface area contributed by atoms with Crippen LogP contribution in [-0.2, 0) is 16.3 Å². The normalized spacial score (nSPS) is 17.1. The summed E-state index contributed by atoms with van der Waals surface area (Å²) in [5, 5.41) is 11.4. The number of methoxy groups -OCH3 is 1. The lowest BCUT2D eigenvalue weighted by Crippen LogP contribution is -2.35. The third kappa shape index (κ3) is 2.76. The average molecular weight is 347 g/mol. The number of fused-ring (bicyclic) bond motifs is 1. The summed E-state index contributed by atoms with van der Waals surface area (Å²) < 4.78 is 31.0. The molecule has 2 aromatic rings. The SMILES string of the molecule is COc1ccc(S(=O)(=O)C2NCCc3ccccc32)cc1C(=O)O. The Labute approximate surface area is 140 Å². The molecule has 1 aliphatic heterocycles. The van der Waals surface area contributed by atoms with Gasteiger partial charge in [0.25, 0.3) is 0 Å². The minimum Gasteiger partial charge on any atom is -0.496 e. The van der Waals surface area contributed by atoms with Crippen LogP contribution in [0.4, 0.5) is 0 Å². The number of ether oxygens (including phenoxy) is 1. The van der Waals surface area contributed by atoms with Gasteiger partial charge in [-0.3, -0.25) is 5.32 Å². The van der Waals surface area contributed by atoms with Crippen LogP contribution < -0.4 is 10.1 Å². The number of rotatable bonds is 4. The highest BCUT2D eigenvalue weighted by atomic mass is 32.2. The maximum absolute atomic E-state index is 13.0. The summed E-state index contributed by atoms with van der Waals surface area (Å²) >= 11 is 0.